The maximum absolute atomic E-state index is 13.4. The molecule has 0 spiro atoms. The summed E-state index contributed by atoms with van der Waals surface area (Å²) >= 11 is 0. The molecule has 1 fully saturated rings. The number of hydrogen-bond acceptors (Lipinski definition) is 3. The molecule has 0 bridgehead atoms. The molecule has 6 heteroatoms. The van der Waals surface area contributed by atoms with Gasteiger partial charge in [-0.05, 0) is 49.6 Å². The van der Waals surface area contributed by atoms with Crippen LogP contribution in [0.2, 0.25) is 0 Å². The number of hydrogen-bond donors (Lipinski definition) is 1. The molecule has 1 aliphatic rings. The van der Waals surface area contributed by atoms with Crippen LogP contribution in [0.4, 0.5) is 14.5 Å². The van der Waals surface area contributed by atoms with Gasteiger partial charge in [0.15, 0.2) is 11.6 Å². The van der Waals surface area contributed by atoms with Crippen molar-refractivity contribution in [2.75, 3.05) is 25.5 Å². The van der Waals surface area contributed by atoms with Gasteiger partial charge in [-0.1, -0.05) is 6.07 Å². The van der Waals surface area contributed by atoms with Gasteiger partial charge < -0.3 is 15.0 Å². The van der Waals surface area contributed by atoms with Crippen LogP contribution < -0.4 is 10.1 Å². The lowest BCUT2D eigenvalue weighted by molar-refractivity contribution is 0.0714. The summed E-state index contributed by atoms with van der Waals surface area (Å²) in [4.78, 5) is 14.6. The van der Waals surface area contributed by atoms with Gasteiger partial charge >= 0.3 is 0 Å². The molecule has 1 aliphatic heterocycles. The third-order valence-electron chi connectivity index (χ3n) is 4.65. The molecule has 3 rings (SSSR count). The van der Waals surface area contributed by atoms with E-state index in [1.165, 1.54) is 6.07 Å². The molecule has 0 radical (unpaired) electrons. The quantitative estimate of drug-likeness (QED) is 0.896. The van der Waals surface area contributed by atoms with Gasteiger partial charge in [0.25, 0.3) is 5.91 Å². The molecule has 0 aromatic heterocycles. The Morgan fingerprint density at radius 3 is 2.73 bits per heavy atom. The van der Waals surface area contributed by atoms with Crippen molar-refractivity contribution < 1.29 is 18.3 Å². The number of methoxy groups -OCH3 is 1. The van der Waals surface area contributed by atoms with Gasteiger partial charge in [0.05, 0.1) is 7.11 Å². The Bertz CT molecular complexity index is 810. The summed E-state index contributed by atoms with van der Waals surface area (Å²) in [6.45, 7) is 3.11. The van der Waals surface area contributed by atoms with Crippen LogP contribution in [-0.2, 0) is 0 Å². The van der Waals surface area contributed by atoms with E-state index in [0.29, 0.717) is 30.1 Å². The van der Waals surface area contributed by atoms with Crippen molar-refractivity contribution in [3.8, 4) is 5.75 Å². The Morgan fingerprint density at radius 2 is 2.00 bits per heavy atom. The van der Waals surface area contributed by atoms with Crippen molar-refractivity contribution in [1.29, 1.82) is 0 Å². The van der Waals surface area contributed by atoms with Gasteiger partial charge in [0.1, 0.15) is 5.75 Å². The summed E-state index contributed by atoms with van der Waals surface area (Å²) in [6.07, 6.45) is 1.70. The highest BCUT2D eigenvalue weighted by molar-refractivity contribution is 5.94. The van der Waals surface area contributed by atoms with Gasteiger partial charge in [-0.25, -0.2) is 8.78 Å². The topological polar surface area (TPSA) is 41.6 Å². The van der Waals surface area contributed by atoms with Crippen molar-refractivity contribution in [1.82, 2.24) is 4.90 Å². The Kier molecular flexibility index (Phi) is 5.40. The summed E-state index contributed by atoms with van der Waals surface area (Å²) < 4.78 is 31.7. The molecule has 1 N–H and O–H groups in total. The largest absolute Gasteiger partial charge is 0.496 e. The smallest absolute Gasteiger partial charge is 0.254 e. The van der Waals surface area contributed by atoms with E-state index in [-0.39, 0.29) is 11.9 Å². The Morgan fingerprint density at radius 1 is 1.19 bits per heavy atom. The first-order valence-electron chi connectivity index (χ1n) is 8.63. The van der Waals surface area contributed by atoms with Crippen molar-refractivity contribution in [2.45, 2.75) is 25.8 Å². The standard InChI is InChI=1S/C20H22F2N2O2/c1-13-5-6-14(10-19(13)26-2)20(25)24-9-3-4-16(12-24)23-15-7-8-17(21)18(22)11-15/h5-8,10-11,16,23H,3-4,9,12H2,1-2H3/t16-/m1/s1. The average Bonchev–Trinajstić information content (AvgIpc) is 2.65. The van der Waals surface area contributed by atoms with Crippen molar-refractivity contribution in [3.63, 3.8) is 0 Å². The normalized spacial score (nSPS) is 17.1. The van der Waals surface area contributed by atoms with E-state index in [0.717, 1.165) is 30.5 Å². The van der Waals surface area contributed by atoms with Crippen molar-refractivity contribution in [3.05, 3.63) is 59.2 Å². The van der Waals surface area contributed by atoms with Crippen molar-refractivity contribution in [2.24, 2.45) is 0 Å². The van der Waals surface area contributed by atoms with Crippen LogP contribution >= 0.6 is 0 Å². The Balaban J connectivity index is 1.69. The molecule has 26 heavy (non-hydrogen) atoms. The first-order valence-corrected chi connectivity index (χ1v) is 8.63. The number of anilines is 1. The second kappa shape index (κ2) is 7.72. The lowest BCUT2D eigenvalue weighted by atomic mass is 10.0. The summed E-state index contributed by atoms with van der Waals surface area (Å²) in [5.41, 5.74) is 2.07. The molecule has 1 heterocycles. The summed E-state index contributed by atoms with van der Waals surface area (Å²) in [6, 6.07) is 9.15. The maximum Gasteiger partial charge on any atom is 0.254 e. The number of carbonyl (C=O) groups is 1. The number of carbonyl (C=O) groups excluding carboxylic acids is 1. The van der Waals surface area contributed by atoms with E-state index in [4.69, 9.17) is 4.74 Å². The number of aryl methyl sites for hydroxylation is 1. The molecule has 138 valence electrons. The van der Waals surface area contributed by atoms with Crippen LogP contribution in [0.15, 0.2) is 36.4 Å². The predicted molar refractivity (Wildman–Crippen MR) is 96.6 cm³/mol. The number of amides is 1. The summed E-state index contributed by atoms with van der Waals surface area (Å²) in [7, 11) is 1.58. The number of nitrogens with zero attached hydrogens (tertiary/aromatic N) is 1. The van der Waals surface area contributed by atoms with Gasteiger partial charge in [0.2, 0.25) is 0 Å². The van der Waals surface area contributed by atoms with E-state index in [1.807, 2.05) is 13.0 Å². The van der Waals surface area contributed by atoms with Gasteiger partial charge in [-0.3, -0.25) is 4.79 Å². The lowest BCUT2D eigenvalue weighted by Crippen LogP contribution is -2.45. The van der Waals surface area contributed by atoms with Gasteiger partial charge in [0, 0.05) is 36.4 Å². The number of ether oxygens (including phenoxy) is 1. The number of nitrogens with one attached hydrogen (secondary N) is 1. The van der Waals surface area contributed by atoms with Crippen LogP contribution in [0.5, 0.6) is 5.75 Å². The zero-order valence-corrected chi connectivity index (χ0v) is 14.9. The number of benzene rings is 2. The average molecular weight is 360 g/mol. The van der Waals surface area contributed by atoms with E-state index in [2.05, 4.69) is 5.32 Å². The zero-order valence-electron chi connectivity index (χ0n) is 14.9. The molecule has 1 saturated heterocycles. The molecular weight excluding hydrogens is 338 g/mol. The first kappa shape index (κ1) is 18.2. The van der Waals surface area contributed by atoms with Gasteiger partial charge in [-0.15, -0.1) is 0 Å². The molecule has 0 saturated carbocycles. The van der Waals surface area contributed by atoms with Crippen molar-refractivity contribution >= 4 is 11.6 Å². The number of likely N-dealkylation sites (tertiary alicyclic amines) is 1. The van der Waals surface area contributed by atoms with Crippen LogP contribution in [0.3, 0.4) is 0 Å². The van der Waals surface area contributed by atoms with E-state index >= 15 is 0 Å². The van der Waals surface area contributed by atoms with Crippen LogP contribution in [-0.4, -0.2) is 37.0 Å². The Hall–Kier alpha value is -2.63. The van der Waals surface area contributed by atoms with Gasteiger partial charge in [-0.2, -0.15) is 0 Å². The predicted octanol–water partition coefficient (Wildman–Crippen LogP) is 4.00. The minimum Gasteiger partial charge on any atom is -0.496 e. The minimum absolute atomic E-state index is 0.00935. The SMILES string of the molecule is COc1cc(C(=O)N2CCC[C@@H](Nc3ccc(F)c(F)c3)C2)ccc1C. The second-order valence-electron chi connectivity index (χ2n) is 6.55. The minimum atomic E-state index is -0.884. The molecule has 1 amide bonds. The Labute approximate surface area is 151 Å². The number of halogens is 2. The zero-order chi connectivity index (χ0) is 18.7. The molecule has 2 aromatic rings. The maximum atomic E-state index is 13.4. The fraction of sp³-hybridized carbons (Fsp3) is 0.350. The summed E-state index contributed by atoms with van der Waals surface area (Å²) in [5, 5.41) is 3.19. The summed E-state index contributed by atoms with van der Waals surface area (Å²) in [5.74, 6) is -1.13. The molecule has 2 aromatic carbocycles. The van der Waals surface area contributed by atoms with E-state index in [9.17, 15) is 13.6 Å². The van der Waals surface area contributed by atoms with E-state index < -0.39 is 11.6 Å². The third kappa shape index (κ3) is 3.95. The third-order valence-corrected chi connectivity index (χ3v) is 4.65. The molecule has 0 unspecified atom stereocenters. The monoisotopic (exact) mass is 360 g/mol. The van der Waals surface area contributed by atoms with Crippen LogP contribution in [0, 0.1) is 18.6 Å². The second-order valence-corrected chi connectivity index (χ2v) is 6.55. The lowest BCUT2D eigenvalue weighted by Gasteiger charge is -2.34. The first-order chi connectivity index (χ1) is 12.5. The van der Waals surface area contributed by atoms with E-state index in [1.54, 1.807) is 24.1 Å². The molecule has 1 atom stereocenters. The molecule has 4 nitrogen and oxygen atoms in total. The number of piperidine rings is 1. The fourth-order valence-corrected chi connectivity index (χ4v) is 3.24. The highest BCUT2D eigenvalue weighted by Gasteiger charge is 2.25. The fourth-order valence-electron chi connectivity index (χ4n) is 3.24. The highest BCUT2D eigenvalue weighted by atomic mass is 19.2. The highest BCUT2D eigenvalue weighted by Crippen LogP contribution is 2.23. The molecule has 0 aliphatic carbocycles. The van der Waals surface area contributed by atoms with Crippen LogP contribution in [0.1, 0.15) is 28.8 Å². The van der Waals surface area contributed by atoms with Crippen LogP contribution in [0.25, 0.3) is 0 Å². The molecular formula is C20H22F2N2O2. The number of rotatable bonds is 4.